The summed E-state index contributed by atoms with van der Waals surface area (Å²) in [6.45, 7) is 3.94. The molecule has 1 aromatic rings. The van der Waals surface area contributed by atoms with Crippen LogP contribution < -0.4 is 10.5 Å². The smallest absolute Gasteiger partial charge is 0.240 e. The van der Waals surface area contributed by atoms with Gasteiger partial charge in [0, 0.05) is 18.7 Å². The molecule has 98 valence electrons. The van der Waals surface area contributed by atoms with E-state index in [1.165, 1.54) is 6.07 Å². The van der Waals surface area contributed by atoms with Crippen molar-refractivity contribution in [2.75, 3.05) is 12.3 Å². The monoisotopic (exact) mass is 266 g/mol. The Kier molecular flexibility index (Phi) is 5.20. The minimum Gasteiger partial charge on any atom is -0.399 e. The first-order chi connectivity index (χ1) is 8.51. The number of hydrogen-bond acceptors (Lipinski definition) is 3. The molecule has 0 bridgehead atoms. The van der Waals surface area contributed by atoms with E-state index in [2.05, 4.69) is 16.6 Å². The number of rotatable bonds is 5. The molecule has 18 heavy (non-hydrogen) atoms. The summed E-state index contributed by atoms with van der Waals surface area (Å²) in [4.78, 5) is 0.259. The molecule has 0 radical (unpaired) electrons. The van der Waals surface area contributed by atoms with Crippen LogP contribution in [0.25, 0.3) is 0 Å². The molecule has 4 nitrogen and oxygen atoms in total. The van der Waals surface area contributed by atoms with Crippen LogP contribution in [0.2, 0.25) is 0 Å². The number of sulfonamides is 1. The molecule has 0 fully saturated rings. The van der Waals surface area contributed by atoms with Crippen LogP contribution in [0.1, 0.15) is 25.8 Å². The van der Waals surface area contributed by atoms with Gasteiger partial charge in [-0.05, 0) is 31.0 Å². The maximum absolute atomic E-state index is 12.1. The van der Waals surface area contributed by atoms with E-state index in [-0.39, 0.29) is 4.90 Å². The number of nitrogens with one attached hydrogen (secondary N) is 1. The topological polar surface area (TPSA) is 72.2 Å². The van der Waals surface area contributed by atoms with Gasteiger partial charge in [0.15, 0.2) is 0 Å². The number of anilines is 1. The van der Waals surface area contributed by atoms with E-state index in [0.717, 1.165) is 5.56 Å². The second-order valence-electron chi connectivity index (χ2n) is 3.80. The van der Waals surface area contributed by atoms with Gasteiger partial charge >= 0.3 is 0 Å². The van der Waals surface area contributed by atoms with Crippen molar-refractivity contribution in [1.29, 1.82) is 0 Å². The van der Waals surface area contributed by atoms with Crippen molar-refractivity contribution in [2.24, 2.45) is 0 Å². The minimum absolute atomic E-state index is 0.259. The third-order valence-corrected chi connectivity index (χ3v) is 4.02. The van der Waals surface area contributed by atoms with Gasteiger partial charge in [-0.2, -0.15) is 0 Å². The van der Waals surface area contributed by atoms with Crippen LogP contribution in [-0.4, -0.2) is 15.0 Å². The van der Waals surface area contributed by atoms with Crippen LogP contribution in [0.3, 0.4) is 0 Å². The lowest BCUT2D eigenvalue weighted by molar-refractivity contribution is 0.581. The van der Waals surface area contributed by atoms with Gasteiger partial charge in [0.25, 0.3) is 0 Å². The van der Waals surface area contributed by atoms with Gasteiger partial charge in [0.1, 0.15) is 0 Å². The molecular formula is C13H18N2O2S. The molecule has 0 aliphatic rings. The van der Waals surface area contributed by atoms with E-state index in [9.17, 15) is 8.42 Å². The first-order valence-electron chi connectivity index (χ1n) is 5.79. The first kappa shape index (κ1) is 14.6. The Morgan fingerprint density at radius 1 is 1.39 bits per heavy atom. The standard InChI is InChI=1S/C13H18N2O2S/c1-3-5-6-9-15-18(16,17)13-10-12(14)8-7-11(13)4-2/h7-8,10,15H,4,6,9,14H2,1-2H3. The van der Waals surface area contributed by atoms with Crippen molar-refractivity contribution in [3.63, 3.8) is 0 Å². The molecule has 0 aliphatic carbocycles. The molecule has 0 aromatic heterocycles. The zero-order valence-corrected chi connectivity index (χ0v) is 11.5. The first-order valence-corrected chi connectivity index (χ1v) is 7.27. The van der Waals surface area contributed by atoms with Gasteiger partial charge in [0.2, 0.25) is 10.0 Å². The SMILES string of the molecule is CC#CCCNS(=O)(=O)c1cc(N)ccc1CC. The second-order valence-corrected chi connectivity index (χ2v) is 5.53. The van der Waals surface area contributed by atoms with Gasteiger partial charge in [0.05, 0.1) is 4.90 Å². The normalized spacial score (nSPS) is 10.8. The summed E-state index contributed by atoms with van der Waals surface area (Å²) in [5, 5.41) is 0. The van der Waals surface area contributed by atoms with Crippen molar-refractivity contribution in [2.45, 2.75) is 31.6 Å². The van der Waals surface area contributed by atoms with Gasteiger partial charge < -0.3 is 5.73 Å². The summed E-state index contributed by atoms with van der Waals surface area (Å²) in [7, 11) is -3.50. The highest BCUT2D eigenvalue weighted by molar-refractivity contribution is 7.89. The zero-order chi connectivity index (χ0) is 13.6. The number of hydrogen-bond donors (Lipinski definition) is 2. The van der Waals surface area contributed by atoms with Crippen molar-refractivity contribution in [3.8, 4) is 11.8 Å². The summed E-state index contributed by atoms with van der Waals surface area (Å²) in [5.41, 5.74) is 6.85. The quantitative estimate of drug-likeness (QED) is 0.482. The molecule has 0 amide bonds. The van der Waals surface area contributed by atoms with Crippen LogP contribution in [0.15, 0.2) is 23.1 Å². The van der Waals surface area contributed by atoms with Crippen molar-refractivity contribution < 1.29 is 8.42 Å². The maximum Gasteiger partial charge on any atom is 0.240 e. The van der Waals surface area contributed by atoms with Gasteiger partial charge in [-0.25, -0.2) is 13.1 Å². The summed E-state index contributed by atoms with van der Waals surface area (Å²) >= 11 is 0. The number of nitrogen functional groups attached to an aromatic ring is 1. The maximum atomic E-state index is 12.1. The van der Waals surface area contributed by atoms with Crippen LogP contribution >= 0.6 is 0 Å². The molecule has 0 saturated carbocycles. The Bertz CT molecular complexity index is 568. The predicted molar refractivity (Wildman–Crippen MR) is 73.5 cm³/mol. The van der Waals surface area contributed by atoms with E-state index in [4.69, 9.17) is 5.73 Å². The molecular weight excluding hydrogens is 248 g/mol. The minimum atomic E-state index is -3.50. The van der Waals surface area contributed by atoms with Crippen LogP contribution in [-0.2, 0) is 16.4 Å². The number of benzene rings is 1. The highest BCUT2D eigenvalue weighted by Gasteiger charge is 2.17. The summed E-state index contributed by atoms with van der Waals surface area (Å²) in [6, 6.07) is 4.95. The summed E-state index contributed by atoms with van der Waals surface area (Å²) < 4.78 is 26.8. The Balaban J connectivity index is 2.95. The van der Waals surface area contributed by atoms with Crippen LogP contribution in [0.4, 0.5) is 5.69 Å². The predicted octanol–water partition coefficient (Wildman–Crippen LogP) is 1.52. The average molecular weight is 266 g/mol. The van der Waals surface area contributed by atoms with Crippen LogP contribution in [0, 0.1) is 11.8 Å². The highest BCUT2D eigenvalue weighted by atomic mass is 32.2. The molecule has 5 heteroatoms. The van der Waals surface area contributed by atoms with E-state index >= 15 is 0 Å². The Morgan fingerprint density at radius 3 is 2.72 bits per heavy atom. The van der Waals surface area contributed by atoms with Crippen molar-refractivity contribution in [1.82, 2.24) is 4.72 Å². The number of nitrogens with two attached hydrogens (primary N) is 1. The van der Waals surface area contributed by atoms with Crippen molar-refractivity contribution >= 4 is 15.7 Å². The van der Waals surface area contributed by atoms with E-state index in [1.807, 2.05) is 6.92 Å². The Labute approximate surface area is 109 Å². The molecule has 0 aliphatic heterocycles. The molecule has 3 N–H and O–H groups in total. The lowest BCUT2D eigenvalue weighted by Gasteiger charge is -2.10. The second kappa shape index (κ2) is 6.43. The largest absolute Gasteiger partial charge is 0.399 e. The summed E-state index contributed by atoms with van der Waals surface area (Å²) in [6.07, 6.45) is 1.14. The molecule has 0 atom stereocenters. The molecule has 0 unspecified atom stereocenters. The third kappa shape index (κ3) is 3.76. The molecule has 1 aromatic carbocycles. The van der Waals surface area contributed by atoms with Gasteiger partial charge in [-0.15, -0.1) is 11.8 Å². The van der Waals surface area contributed by atoms with E-state index < -0.39 is 10.0 Å². The van der Waals surface area contributed by atoms with E-state index in [1.54, 1.807) is 19.1 Å². The highest BCUT2D eigenvalue weighted by Crippen LogP contribution is 2.19. The summed E-state index contributed by atoms with van der Waals surface area (Å²) in [5.74, 6) is 5.53. The fraction of sp³-hybridized carbons (Fsp3) is 0.385. The fourth-order valence-corrected chi connectivity index (χ4v) is 2.94. The number of aryl methyl sites for hydroxylation is 1. The Hall–Kier alpha value is -1.51. The van der Waals surface area contributed by atoms with Gasteiger partial charge in [-0.3, -0.25) is 0 Å². The lowest BCUT2D eigenvalue weighted by Crippen LogP contribution is -2.25. The molecule has 0 heterocycles. The average Bonchev–Trinajstić information content (AvgIpc) is 2.35. The zero-order valence-electron chi connectivity index (χ0n) is 10.7. The fourth-order valence-electron chi connectivity index (χ4n) is 1.56. The Morgan fingerprint density at radius 2 is 2.11 bits per heavy atom. The third-order valence-electron chi connectivity index (χ3n) is 2.48. The lowest BCUT2D eigenvalue weighted by atomic mass is 10.1. The molecule has 0 spiro atoms. The molecule has 0 saturated heterocycles. The van der Waals surface area contributed by atoms with Crippen LogP contribution in [0.5, 0.6) is 0 Å². The van der Waals surface area contributed by atoms with Crippen molar-refractivity contribution in [3.05, 3.63) is 23.8 Å². The van der Waals surface area contributed by atoms with Gasteiger partial charge in [-0.1, -0.05) is 13.0 Å². The molecule has 1 rings (SSSR count). The van der Waals surface area contributed by atoms with E-state index in [0.29, 0.717) is 25.1 Å².